The molecule has 0 fully saturated rings. The van der Waals surface area contributed by atoms with Crippen molar-refractivity contribution in [2.45, 2.75) is 20.4 Å². The number of hydrogen-bond acceptors (Lipinski definition) is 5. The van der Waals surface area contributed by atoms with Crippen molar-refractivity contribution in [3.8, 4) is 22.8 Å². The van der Waals surface area contributed by atoms with E-state index in [0.717, 1.165) is 5.56 Å². The van der Waals surface area contributed by atoms with E-state index in [2.05, 4.69) is 15.1 Å². The van der Waals surface area contributed by atoms with Gasteiger partial charge in [0.05, 0.1) is 11.0 Å². The molecular weight excluding hydrogens is 344 g/mol. The lowest BCUT2D eigenvalue weighted by molar-refractivity contribution is 0.432. The average Bonchev–Trinajstić information content (AvgIpc) is 3.16. The van der Waals surface area contributed by atoms with Gasteiger partial charge in [-0.25, -0.2) is 0 Å². The molecule has 0 saturated carbocycles. The summed E-state index contributed by atoms with van der Waals surface area (Å²) < 4.78 is 6.86. The van der Waals surface area contributed by atoms with E-state index in [-0.39, 0.29) is 5.92 Å². The summed E-state index contributed by atoms with van der Waals surface area (Å²) in [5, 5.41) is 4.03. The fraction of sp³-hybridized carbons (Fsp3) is 0.200. The van der Waals surface area contributed by atoms with Crippen LogP contribution in [0.25, 0.3) is 33.9 Å². The minimum absolute atomic E-state index is 0.234. The molecule has 7 heteroatoms. The van der Waals surface area contributed by atoms with Crippen molar-refractivity contribution in [1.82, 2.24) is 19.7 Å². The molecule has 136 valence electrons. The highest BCUT2D eigenvalue weighted by molar-refractivity contribution is 5.80. The Bertz CT molecular complexity index is 1220. The van der Waals surface area contributed by atoms with Crippen LogP contribution in [-0.4, -0.2) is 19.7 Å². The highest BCUT2D eigenvalue weighted by atomic mass is 16.5. The first-order valence-electron chi connectivity index (χ1n) is 8.69. The van der Waals surface area contributed by atoms with Gasteiger partial charge < -0.3 is 14.1 Å². The van der Waals surface area contributed by atoms with Crippen LogP contribution in [0, 0.1) is 5.92 Å². The molecule has 2 aromatic heterocycles. The van der Waals surface area contributed by atoms with Gasteiger partial charge in [0, 0.05) is 17.7 Å². The number of rotatable bonds is 4. The summed E-state index contributed by atoms with van der Waals surface area (Å²) in [7, 11) is 0. The maximum atomic E-state index is 12.2. The molecule has 2 aromatic carbocycles. The molecule has 0 bridgehead atoms. The van der Waals surface area contributed by atoms with Crippen LogP contribution in [0.5, 0.6) is 0 Å². The molecule has 0 aliphatic rings. The van der Waals surface area contributed by atoms with Crippen LogP contribution in [0.3, 0.4) is 0 Å². The molecule has 0 atom stereocenters. The molecule has 27 heavy (non-hydrogen) atoms. The summed E-state index contributed by atoms with van der Waals surface area (Å²) in [4.78, 5) is 31.3. The summed E-state index contributed by atoms with van der Waals surface area (Å²) >= 11 is 0. The second kappa shape index (κ2) is 6.68. The Hall–Kier alpha value is -3.48. The Kier molecular flexibility index (Phi) is 4.19. The van der Waals surface area contributed by atoms with Gasteiger partial charge in [0.25, 0.3) is 5.89 Å². The van der Waals surface area contributed by atoms with Crippen molar-refractivity contribution < 1.29 is 4.52 Å². The van der Waals surface area contributed by atoms with E-state index in [1.54, 1.807) is 12.1 Å². The lowest BCUT2D eigenvalue weighted by Gasteiger charge is -2.12. The first-order valence-corrected chi connectivity index (χ1v) is 8.69. The number of aromatic amines is 1. The molecule has 0 saturated heterocycles. The van der Waals surface area contributed by atoms with E-state index < -0.39 is 11.1 Å². The van der Waals surface area contributed by atoms with Gasteiger partial charge in [0.15, 0.2) is 0 Å². The van der Waals surface area contributed by atoms with Crippen molar-refractivity contribution in [3.63, 3.8) is 0 Å². The zero-order valence-electron chi connectivity index (χ0n) is 15.0. The lowest BCUT2D eigenvalue weighted by Crippen LogP contribution is -2.37. The van der Waals surface area contributed by atoms with Crippen LogP contribution >= 0.6 is 0 Å². The van der Waals surface area contributed by atoms with Crippen molar-refractivity contribution in [2.24, 2.45) is 5.92 Å². The summed E-state index contributed by atoms with van der Waals surface area (Å²) in [5.74, 6) is 1.07. The van der Waals surface area contributed by atoms with Crippen molar-refractivity contribution >= 4 is 11.0 Å². The number of fused-ring (bicyclic) bond motifs is 1. The van der Waals surface area contributed by atoms with Crippen LogP contribution < -0.4 is 11.1 Å². The summed E-state index contributed by atoms with van der Waals surface area (Å²) in [6.07, 6.45) is 0. The third-order valence-corrected chi connectivity index (χ3v) is 4.23. The van der Waals surface area contributed by atoms with Crippen LogP contribution in [-0.2, 0) is 6.54 Å². The standard InChI is InChI=1S/C20H18N4O3/c1-12(2)11-24-16-9-8-14(10-15(16)21-18(25)20(24)26)17-22-19(27-23-17)13-6-4-3-5-7-13/h3-10,12H,11H2,1-2H3,(H,21,25). The van der Waals surface area contributed by atoms with E-state index >= 15 is 0 Å². The molecule has 0 amide bonds. The molecule has 7 nitrogen and oxygen atoms in total. The number of nitrogens with zero attached hydrogens (tertiary/aromatic N) is 3. The largest absolute Gasteiger partial charge is 0.334 e. The molecule has 0 radical (unpaired) electrons. The smallest absolute Gasteiger partial charge is 0.316 e. The quantitative estimate of drug-likeness (QED) is 0.563. The van der Waals surface area contributed by atoms with E-state index in [1.165, 1.54) is 4.57 Å². The fourth-order valence-corrected chi connectivity index (χ4v) is 3.00. The van der Waals surface area contributed by atoms with Gasteiger partial charge in [-0.1, -0.05) is 37.2 Å². The average molecular weight is 362 g/mol. The van der Waals surface area contributed by atoms with E-state index in [0.29, 0.717) is 34.9 Å². The Morgan fingerprint density at radius 2 is 1.85 bits per heavy atom. The SMILES string of the molecule is CC(C)Cn1c(=O)c(=O)[nH]c2cc(-c3noc(-c4ccccc4)n3)ccc21. The Labute approximate surface area is 154 Å². The van der Waals surface area contributed by atoms with Crippen molar-refractivity contribution in [1.29, 1.82) is 0 Å². The maximum absolute atomic E-state index is 12.2. The zero-order valence-corrected chi connectivity index (χ0v) is 15.0. The first kappa shape index (κ1) is 17.0. The van der Waals surface area contributed by atoms with E-state index in [4.69, 9.17) is 4.52 Å². The molecule has 0 aliphatic heterocycles. The Balaban J connectivity index is 1.81. The van der Waals surface area contributed by atoms with Crippen LogP contribution in [0.2, 0.25) is 0 Å². The highest BCUT2D eigenvalue weighted by Gasteiger charge is 2.14. The van der Waals surface area contributed by atoms with E-state index in [9.17, 15) is 9.59 Å². The number of benzene rings is 2. The monoisotopic (exact) mass is 362 g/mol. The van der Waals surface area contributed by atoms with Crippen LogP contribution in [0.4, 0.5) is 0 Å². The molecule has 4 aromatic rings. The zero-order chi connectivity index (χ0) is 19.0. The topological polar surface area (TPSA) is 93.8 Å². The maximum Gasteiger partial charge on any atom is 0.316 e. The normalized spacial score (nSPS) is 11.4. The summed E-state index contributed by atoms with van der Waals surface area (Å²) in [6.45, 7) is 4.47. The second-order valence-corrected chi connectivity index (χ2v) is 6.78. The minimum Gasteiger partial charge on any atom is -0.334 e. The minimum atomic E-state index is -0.640. The van der Waals surface area contributed by atoms with Crippen molar-refractivity contribution in [2.75, 3.05) is 0 Å². The second-order valence-electron chi connectivity index (χ2n) is 6.78. The van der Waals surface area contributed by atoms with Gasteiger partial charge in [-0.3, -0.25) is 9.59 Å². The van der Waals surface area contributed by atoms with Gasteiger partial charge in [-0.05, 0) is 36.2 Å². The van der Waals surface area contributed by atoms with Crippen LogP contribution in [0.1, 0.15) is 13.8 Å². The summed E-state index contributed by atoms with van der Waals surface area (Å²) in [6, 6.07) is 14.9. The Morgan fingerprint density at radius 1 is 1.07 bits per heavy atom. The Morgan fingerprint density at radius 3 is 2.59 bits per heavy atom. The molecule has 0 spiro atoms. The molecule has 2 heterocycles. The third-order valence-electron chi connectivity index (χ3n) is 4.23. The van der Waals surface area contributed by atoms with E-state index in [1.807, 2.05) is 50.2 Å². The number of H-pyrrole nitrogens is 1. The van der Waals surface area contributed by atoms with Gasteiger partial charge in [-0.15, -0.1) is 0 Å². The molecule has 0 unspecified atom stereocenters. The molecule has 4 rings (SSSR count). The van der Waals surface area contributed by atoms with Gasteiger partial charge in [0.2, 0.25) is 5.82 Å². The predicted molar refractivity (Wildman–Crippen MR) is 102 cm³/mol. The fourth-order valence-electron chi connectivity index (χ4n) is 3.00. The highest BCUT2D eigenvalue weighted by Crippen LogP contribution is 2.24. The summed E-state index contributed by atoms with van der Waals surface area (Å²) in [5.41, 5.74) is 1.57. The number of hydrogen-bond donors (Lipinski definition) is 1. The van der Waals surface area contributed by atoms with Crippen LogP contribution in [0.15, 0.2) is 62.6 Å². The molecule has 1 N–H and O–H groups in total. The first-order chi connectivity index (χ1) is 13.0. The predicted octanol–water partition coefficient (Wildman–Crippen LogP) is 3.06. The van der Waals surface area contributed by atoms with Gasteiger partial charge >= 0.3 is 11.1 Å². The van der Waals surface area contributed by atoms with Gasteiger partial charge in [-0.2, -0.15) is 4.98 Å². The number of nitrogens with one attached hydrogen (secondary N) is 1. The molecular formula is C20H18N4O3. The lowest BCUT2D eigenvalue weighted by atomic mass is 10.1. The van der Waals surface area contributed by atoms with Gasteiger partial charge in [0.1, 0.15) is 0 Å². The third kappa shape index (κ3) is 3.19. The molecule has 0 aliphatic carbocycles. The van der Waals surface area contributed by atoms with Crippen molar-refractivity contribution in [3.05, 3.63) is 69.2 Å². The number of aromatic nitrogens is 4.